The summed E-state index contributed by atoms with van der Waals surface area (Å²) < 4.78 is 22.3. The molecule has 0 aliphatic rings. The first-order valence-corrected chi connectivity index (χ1v) is 16.0. The lowest BCUT2D eigenvalue weighted by molar-refractivity contribution is 0.0323. The topological polar surface area (TPSA) is 71.1 Å². The van der Waals surface area contributed by atoms with Crippen LogP contribution in [0.1, 0.15) is 98.8 Å². The van der Waals surface area contributed by atoms with Gasteiger partial charge in [-0.15, -0.1) is 6.58 Å². The van der Waals surface area contributed by atoms with Crippen LogP contribution in [0, 0.1) is 0 Å². The van der Waals surface area contributed by atoms with Crippen molar-refractivity contribution < 1.29 is 28.5 Å². The van der Waals surface area contributed by atoms with Crippen molar-refractivity contribution in [3.63, 3.8) is 0 Å². The van der Waals surface area contributed by atoms with Gasteiger partial charge in [0.2, 0.25) is 0 Å². The molecule has 0 fully saturated rings. The quantitative estimate of drug-likeness (QED) is 0.0525. The first-order valence-electron chi connectivity index (χ1n) is 16.0. The highest BCUT2D eigenvalue weighted by molar-refractivity contribution is 5.92. The summed E-state index contributed by atoms with van der Waals surface area (Å²) >= 11 is 0. The molecule has 1 unspecified atom stereocenters. The van der Waals surface area contributed by atoms with Crippen molar-refractivity contribution >= 4 is 11.9 Å². The first-order chi connectivity index (χ1) is 21.5. The Morgan fingerprint density at radius 2 is 1.18 bits per heavy atom. The van der Waals surface area contributed by atoms with Gasteiger partial charge in [0.05, 0.1) is 30.4 Å². The van der Waals surface area contributed by atoms with Gasteiger partial charge < -0.3 is 18.9 Å². The largest absolute Gasteiger partial charge is 0.494 e. The van der Waals surface area contributed by atoms with Gasteiger partial charge in [-0.3, -0.25) is 0 Å². The third-order valence-corrected chi connectivity index (χ3v) is 7.30. The molecule has 0 saturated carbocycles. The van der Waals surface area contributed by atoms with Gasteiger partial charge in [0.15, 0.2) is 0 Å². The average Bonchev–Trinajstić information content (AvgIpc) is 3.04. The Morgan fingerprint density at radius 1 is 0.682 bits per heavy atom. The first kappa shape index (κ1) is 34.6. The van der Waals surface area contributed by atoms with Crippen molar-refractivity contribution in [3.05, 3.63) is 96.6 Å². The number of esters is 2. The summed E-state index contributed by atoms with van der Waals surface area (Å²) in [4.78, 5) is 24.9. The summed E-state index contributed by atoms with van der Waals surface area (Å²) in [6.45, 7) is 9.80. The number of rotatable bonds is 21. The fraction of sp³-hybridized carbons (Fsp3) is 0.421. The predicted molar refractivity (Wildman–Crippen MR) is 177 cm³/mol. The van der Waals surface area contributed by atoms with E-state index >= 15 is 0 Å². The standard InChI is InChI=1S/C38H48O6/c1-4-14-30(3)43-37(39)34-21-25-36(26-22-34)44-38(40)33-17-15-31(16-18-33)32-19-23-35(24-20-32)42-29-13-11-9-7-6-8-10-12-28-41-27-5-2/h5,15-26,30H,2,4,6-14,27-29H2,1,3H3. The maximum Gasteiger partial charge on any atom is 0.343 e. The van der Waals surface area contributed by atoms with Crippen molar-refractivity contribution in [2.75, 3.05) is 19.8 Å². The predicted octanol–water partition coefficient (Wildman–Crippen LogP) is 9.62. The van der Waals surface area contributed by atoms with Crippen LogP contribution in [0.25, 0.3) is 11.1 Å². The third kappa shape index (κ3) is 12.8. The van der Waals surface area contributed by atoms with Gasteiger partial charge in [-0.2, -0.15) is 0 Å². The van der Waals surface area contributed by atoms with Crippen molar-refractivity contribution in [1.29, 1.82) is 0 Å². The van der Waals surface area contributed by atoms with Gasteiger partial charge in [0.25, 0.3) is 0 Å². The van der Waals surface area contributed by atoms with Crippen molar-refractivity contribution in [2.45, 2.75) is 84.2 Å². The lowest BCUT2D eigenvalue weighted by Crippen LogP contribution is -2.14. The molecule has 3 aromatic rings. The monoisotopic (exact) mass is 600 g/mol. The molecule has 1 atom stereocenters. The van der Waals surface area contributed by atoms with Crippen LogP contribution < -0.4 is 9.47 Å². The zero-order valence-corrected chi connectivity index (χ0v) is 26.4. The highest BCUT2D eigenvalue weighted by Crippen LogP contribution is 2.24. The molecule has 0 heterocycles. The third-order valence-electron chi connectivity index (χ3n) is 7.30. The van der Waals surface area contributed by atoms with E-state index in [9.17, 15) is 9.59 Å². The highest BCUT2D eigenvalue weighted by atomic mass is 16.5. The molecule has 0 amide bonds. The van der Waals surface area contributed by atoms with E-state index in [1.54, 1.807) is 42.5 Å². The summed E-state index contributed by atoms with van der Waals surface area (Å²) in [7, 11) is 0. The number of hydrogen-bond acceptors (Lipinski definition) is 6. The highest BCUT2D eigenvalue weighted by Gasteiger charge is 2.13. The van der Waals surface area contributed by atoms with E-state index in [1.165, 1.54) is 38.5 Å². The Bertz CT molecular complexity index is 1250. The lowest BCUT2D eigenvalue weighted by Gasteiger charge is -2.12. The van der Waals surface area contributed by atoms with Crippen LogP contribution >= 0.6 is 0 Å². The summed E-state index contributed by atoms with van der Waals surface area (Å²) in [5, 5.41) is 0. The minimum absolute atomic E-state index is 0.135. The molecule has 6 heteroatoms. The minimum atomic E-state index is -0.461. The zero-order valence-electron chi connectivity index (χ0n) is 26.4. The summed E-state index contributed by atoms with van der Waals surface area (Å²) in [6, 6.07) is 21.7. The second kappa shape index (κ2) is 20.1. The van der Waals surface area contributed by atoms with E-state index in [4.69, 9.17) is 18.9 Å². The Labute approximate surface area is 263 Å². The van der Waals surface area contributed by atoms with E-state index in [-0.39, 0.29) is 12.1 Å². The van der Waals surface area contributed by atoms with Crippen LogP contribution in [-0.2, 0) is 9.47 Å². The van der Waals surface area contributed by atoms with Crippen LogP contribution in [0.5, 0.6) is 11.5 Å². The molecule has 3 aromatic carbocycles. The summed E-state index contributed by atoms with van der Waals surface area (Å²) in [5.74, 6) is 0.387. The number of benzene rings is 3. The molecule has 0 bridgehead atoms. The molecule has 44 heavy (non-hydrogen) atoms. The molecular formula is C38H48O6. The number of hydrogen-bond donors (Lipinski definition) is 0. The second-order valence-corrected chi connectivity index (χ2v) is 11.1. The lowest BCUT2D eigenvalue weighted by atomic mass is 10.0. The molecule has 6 nitrogen and oxygen atoms in total. The zero-order chi connectivity index (χ0) is 31.4. The molecule has 3 rings (SSSR count). The Kier molecular flexibility index (Phi) is 15.8. The maximum atomic E-state index is 12.7. The van der Waals surface area contributed by atoms with Crippen LogP contribution in [0.3, 0.4) is 0 Å². The smallest absolute Gasteiger partial charge is 0.343 e. The molecular weight excluding hydrogens is 552 g/mol. The fourth-order valence-corrected chi connectivity index (χ4v) is 4.81. The van der Waals surface area contributed by atoms with Crippen LogP contribution in [0.15, 0.2) is 85.5 Å². The van der Waals surface area contributed by atoms with Crippen molar-refractivity contribution in [3.8, 4) is 22.6 Å². The molecule has 0 radical (unpaired) electrons. The van der Waals surface area contributed by atoms with E-state index in [1.807, 2.05) is 50.2 Å². The SMILES string of the molecule is C=CCOCCCCCCCCCCOc1ccc(-c2ccc(C(=O)Oc3ccc(C(=O)OC(C)CCC)cc3)cc2)cc1. The number of ether oxygens (including phenoxy) is 4. The normalized spacial score (nSPS) is 11.5. The Morgan fingerprint density at radius 3 is 1.77 bits per heavy atom. The van der Waals surface area contributed by atoms with Gasteiger partial charge in [-0.25, -0.2) is 9.59 Å². The summed E-state index contributed by atoms with van der Waals surface area (Å²) in [5.41, 5.74) is 2.91. The molecule has 0 aliphatic carbocycles. The second-order valence-electron chi connectivity index (χ2n) is 11.1. The van der Waals surface area contributed by atoms with Crippen molar-refractivity contribution in [2.24, 2.45) is 0 Å². The fourth-order valence-electron chi connectivity index (χ4n) is 4.81. The van der Waals surface area contributed by atoms with E-state index in [2.05, 4.69) is 6.58 Å². The maximum absolute atomic E-state index is 12.7. The van der Waals surface area contributed by atoms with Crippen LogP contribution in [0.4, 0.5) is 0 Å². The molecule has 0 aliphatic heterocycles. The van der Waals surface area contributed by atoms with Crippen LogP contribution in [-0.4, -0.2) is 37.9 Å². The number of carbonyl (C=O) groups excluding carboxylic acids is 2. The number of unbranched alkanes of at least 4 members (excludes halogenated alkanes) is 7. The van der Waals surface area contributed by atoms with Crippen molar-refractivity contribution in [1.82, 2.24) is 0 Å². The van der Waals surface area contributed by atoms with Gasteiger partial charge in [0, 0.05) is 6.61 Å². The van der Waals surface area contributed by atoms with E-state index < -0.39 is 5.97 Å². The molecule has 0 N–H and O–H groups in total. The van der Waals surface area contributed by atoms with Gasteiger partial charge >= 0.3 is 11.9 Å². The van der Waals surface area contributed by atoms with E-state index in [0.29, 0.717) is 23.5 Å². The Balaban J connectivity index is 1.34. The van der Waals surface area contributed by atoms with Gasteiger partial charge in [0.1, 0.15) is 11.5 Å². The number of carbonyl (C=O) groups is 2. The van der Waals surface area contributed by atoms with E-state index in [0.717, 1.165) is 55.8 Å². The van der Waals surface area contributed by atoms with Gasteiger partial charge in [-0.1, -0.05) is 82.2 Å². The molecule has 0 aromatic heterocycles. The summed E-state index contributed by atoms with van der Waals surface area (Å²) in [6.07, 6.45) is 13.1. The van der Waals surface area contributed by atoms with Crippen LogP contribution in [0.2, 0.25) is 0 Å². The van der Waals surface area contributed by atoms with Gasteiger partial charge in [-0.05, 0) is 85.8 Å². The average molecular weight is 601 g/mol. The minimum Gasteiger partial charge on any atom is -0.494 e. The molecule has 236 valence electrons. The Hall–Kier alpha value is -3.90. The molecule has 0 saturated heterocycles. The molecule has 0 spiro atoms.